The first-order chi connectivity index (χ1) is 10.1. The van der Waals surface area contributed by atoms with Gasteiger partial charge in [0.25, 0.3) is 0 Å². The highest BCUT2D eigenvalue weighted by Gasteiger charge is 2.08. The highest BCUT2D eigenvalue weighted by molar-refractivity contribution is 9.11. The Kier molecular flexibility index (Phi) is 5.66. The van der Waals surface area contributed by atoms with Crippen molar-refractivity contribution in [1.29, 1.82) is 5.26 Å². The molecule has 2 rings (SSSR count). The van der Waals surface area contributed by atoms with Crippen LogP contribution in [0.1, 0.15) is 11.1 Å². The van der Waals surface area contributed by atoms with Crippen LogP contribution in [0.25, 0.3) is 0 Å². The maximum Gasteiger partial charge on any atom is 0.174 e. The summed E-state index contributed by atoms with van der Waals surface area (Å²) in [6.45, 7) is 2.71. The van der Waals surface area contributed by atoms with E-state index in [-0.39, 0.29) is 6.61 Å². The summed E-state index contributed by atoms with van der Waals surface area (Å²) in [5, 5.41) is 12.0. The van der Waals surface area contributed by atoms with Crippen LogP contribution in [0.2, 0.25) is 0 Å². The van der Waals surface area contributed by atoms with Gasteiger partial charge in [-0.25, -0.2) is 0 Å². The smallest absolute Gasteiger partial charge is 0.174 e. The number of rotatable bonds is 5. The zero-order chi connectivity index (χ0) is 15.2. The molecule has 1 N–H and O–H groups in total. The second-order valence-corrected chi connectivity index (χ2v) is 6.22. The molecule has 21 heavy (non-hydrogen) atoms. The summed E-state index contributed by atoms with van der Waals surface area (Å²) in [5.74, 6) is 0.728. The van der Waals surface area contributed by atoms with Gasteiger partial charge in [-0.3, -0.25) is 0 Å². The third-order valence-electron chi connectivity index (χ3n) is 2.91. The van der Waals surface area contributed by atoms with Crippen LogP contribution in [0, 0.1) is 18.3 Å². The van der Waals surface area contributed by atoms with E-state index in [2.05, 4.69) is 49.3 Å². The molecule has 2 aromatic rings. The number of hydrogen-bond acceptors (Lipinski definition) is 3. The molecule has 5 heteroatoms. The van der Waals surface area contributed by atoms with E-state index in [1.54, 1.807) is 0 Å². The van der Waals surface area contributed by atoms with Gasteiger partial charge in [0.1, 0.15) is 11.8 Å². The molecule has 0 aliphatic heterocycles. The van der Waals surface area contributed by atoms with Crippen LogP contribution in [-0.2, 0) is 6.54 Å². The quantitative estimate of drug-likeness (QED) is 0.752. The number of hydrogen-bond donors (Lipinski definition) is 1. The van der Waals surface area contributed by atoms with Crippen molar-refractivity contribution in [1.82, 2.24) is 0 Å². The van der Waals surface area contributed by atoms with Crippen LogP contribution in [-0.4, -0.2) is 6.61 Å². The summed E-state index contributed by atoms with van der Waals surface area (Å²) in [7, 11) is 0. The van der Waals surface area contributed by atoms with Gasteiger partial charge in [0.15, 0.2) is 6.61 Å². The Bertz CT molecular complexity index is 657. The number of anilines is 1. The van der Waals surface area contributed by atoms with Gasteiger partial charge >= 0.3 is 0 Å². The normalized spacial score (nSPS) is 10.0. The van der Waals surface area contributed by atoms with Crippen LogP contribution in [0.3, 0.4) is 0 Å². The average Bonchev–Trinajstić information content (AvgIpc) is 2.45. The summed E-state index contributed by atoms with van der Waals surface area (Å²) >= 11 is 7.13. The molecule has 0 saturated carbocycles. The molecular formula is C16H14Br2N2O. The summed E-state index contributed by atoms with van der Waals surface area (Å²) in [6.07, 6.45) is 0. The highest BCUT2D eigenvalue weighted by atomic mass is 79.9. The Morgan fingerprint density at radius 2 is 1.86 bits per heavy atom. The number of nitriles is 1. The van der Waals surface area contributed by atoms with Crippen molar-refractivity contribution < 1.29 is 4.74 Å². The Morgan fingerprint density at radius 1 is 1.19 bits per heavy atom. The van der Waals surface area contributed by atoms with E-state index in [1.807, 2.05) is 37.3 Å². The van der Waals surface area contributed by atoms with E-state index in [1.165, 1.54) is 5.56 Å². The van der Waals surface area contributed by atoms with Crippen LogP contribution in [0.4, 0.5) is 5.69 Å². The molecule has 2 aromatic carbocycles. The minimum atomic E-state index is 0.0505. The summed E-state index contributed by atoms with van der Waals surface area (Å²) in [4.78, 5) is 0. The third kappa shape index (κ3) is 4.23. The Morgan fingerprint density at radius 3 is 2.52 bits per heavy atom. The van der Waals surface area contributed by atoms with Gasteiger partial charge in [-0.1, -0.05) is 18.2 Å². The Balaban J connectivity index is 2.16. The molecular weight excluding hydrogens is 396 g/mol. The second-order valence-electron chi connectivity index (χ2n) is 4.51. The van der Waals surface area contributed by atoms with E-state index in [0.29, 0.717) is 6.54 Å². The van der Waals surface area contributed by atoms with Crippen LogP contribution >= 0.6 is 31.9 Å². The molecule has 0 fully saturated rings. The summed E-state index contributed by atoms with van der Waals surface area (Å²) < 4.78 is 7.44. The number of para-hydroxylation sites is 1. The van der Waals surface area contributed by atoms with Crippen molar-refractivity contribution in [2.45, 2.75) is 13.5 Å². The SMILES string of the molecule is Cc1cc(Br)c(NCc2ccccc2OCC#N)c(Br)c1. The molecule has 0 bridgehead atoms. The third-order valence-corrected chi connectivity index (χ3v) is 4.16. The number of nitrogens with zero attached hydrogens (tertiary/aromatic N) is 1. The lowest BCUT2D eigenvalue weighted by Crippen LogP contribution is -2.04. The Labute approximate surface area is 141 Å². The van der Waals surface area contributed by atoms with Crippen LogP contribution < -0.4 is 10.1 Å². The molecule has 0 amide bonds. The molecule has 3 nitrogen and oxygen atoms in total. The van der Waals surface area contributed by atoms with Gasteiger partial charge < -0.3 is 10.1 Å². The molecule has 0 heterocycles. The molecule has 108 valence electrons. The molecule has 0 radical (unpaired) electrons. The number of halogens is 2. The monoisotopic (exact) mass is 408 g/mol. The minimum Gasteiger partial charge on any atom is -0.478 e. The molecule has 0 atom stereocenters. The van der Waals surface area contributed by atoms with Gasteiger partial charge in [-0.05, 0) is 62.5 Å². The predicted octanol–water partition coefficient (Wildman–Crippen LogP) is 5.03. The van der Waals surface area contributed by atoms with E-state index >= 15 is 0 Å². The van der Waals surface area contributed by atoms with Crippen molar-refractivity contribution in [2.75, 3.05) is 11.9 Å². The van der Waals surface area contributed by atoms with Gasteiger partial charge in [-0.15, -0.1) is 0 Å². The van der Waals surface area contributed by atoms with Crippen LogP contribution in [0.15, 0.2) is 45.3 Å². The lowest BCUT2D eigenvalue weighted by molar-refractivity contribution is 0.364. The van der Waals surface area contributed by atoms with Gasteiger partial charge in [-0.2, -0.15) is 5.26 Å². The topological polar surface area (TPSA) is 45.0 Å². The first-order valence-corrected chi connectivity index (χ1v) is 7.97. The number of aryl methyl sites for hydroxylation is 1. The summed E-state index contributed by atoms with van der Waals surface area (Å²) in [5.41, 5.74) is 3.18. The lowest BCUT2D eigenvalue weighted by Gasteiger charge is -2.14. The van der Waals surface area contributed by atoms with Gasteiger partial charge in [0.2, 0.25) is 0 Å². The average molecular weight is 410 g/mol. The van der Waals surface area contributed by atoms with Crippen molar-refractivity contribution in [3.8, 4) is 11.8 Å². The summed E-state index contributed by atoms with van der Waals surface area (Å²) in [6, 6.07) is 13.8. The maximum absolute atomic E-state index is 8.62. The largest absolute Gasteiger partial charge is 0.478 e. The van der Waals surface area contributed by atoms with Crippen molar-refractivity contribution in [3.05, 3.63) is 56.5 Å². The van der Waals surface area contributed by atoms with E-state index < -0.39 is 0 Å². The molecule has 0 spiro atoms. The van der Waals surface area contributed by atoms with Crippen molar-refractivity contribution >= 4 is 37.5 Å². The van der Waals surface area contributed by atoms with E-state index in [9.17, 15) is 0 Å². The molecule has 0 aliphatic carbocycles. The fraction of sp³-hybridized carbons (Fsp3) is 0.188. The van der Waals surface area contributed by atoms with E-state index in [4.69, 9.17) is 10.00 Å². The lowest BCUT2D eigenvalue weighted by atomic mass is 10.2. The van der Waals surface area contributed by atoms with Gasteiger partial charge in [0.05, 0.1) is 5.69 Å². The van der Waals surface area contributed by atoms with E-state index in [0.717, 1.165) is 25.9 Å². The number of benzene rings is 2. The second kappa shape index (κ2) is 7.48. The van der Waals surface area contributed by atoms with Gasteiger partial charge in [0, 0.05) is 21.1 Å². The Hall–Kier alpha value is -1.51. The molecule has 0 aromatic heterocycles. The van der Waals surface area contributed by atoms with Crippen LogP contribution in [0.5, 0.6) is 5.75 Å². The highest BCUT2D eigenvalue weighted by Crippen LogP contribution is 2.33. The fourth-order valence-corrected chi connectivity index (χ4v) is 3.65. The van der Waals surface area contributed by atoms with Crippen molar-refractivity contribution in [3.63, 3.8) is 0 Å². The first-order valence-electron chi connectivity index (χ1n) is 6.39. The number of ether oxygens (including phenoxy) is 1. The maximum atomic E-state index is 8.62. The molecule has 0 saturated heterocycles. The minimum absolute atomic E-state index is 0.0505. The fourth-order valence-electron chi connectivity index (χ4n) is 1.95. The zero-order valence-electron chi connectivity index (χ0n) is 11.5. The zero-order valence-corrected chi connectivity index (χ0v) is 14.7. The standard InChI is InChI=1S/C16H14Br2N2O/c1-11-8-13(17)16(14(18)9-11)20-10-12-4-2-3-5-15(12)21-7-6-19/h2-5,8-9,20H,7,10H2,1H3. The first kappa shape index (κ1) is 15.9. The number of nitrogens with one attached hydrogen (secondary N) is 1. The molecule has 0 unspecified atom stereocenters. The predicted molar refractivity (Wildman–Crippen MR) is 91.5 cm³/mol. The van der Waals surface area contributed by atoms with Crippen molar-refractivity contribution in [2.24, 2.45) is 0 Å². The molecule has 0 aliphatic rings.